The Hall–Kier alpha value is -0.320. The number of unbranched alkanes of at least 4 members (excludes halogenated alkanes) is 15. The molecule has 0 heterocycles. The fraction of sp³-hybridized carbons (Fsp3) is 1.00. The van der Waals surface area contributed by atoms with E-state index in [1.807, 2.05) is 0 Å². The van der Waals surface area contributed by atoms with E-state index >= 15 is 0 Å². The highest BCUT2D eigenvalue weighted by molar-refractivity contribution is 7.99. The van der Waals surface area contributed by atoms with Crippen molar-refractivity contribution in [3.8, 4) is 0 Å². The Morgan fingerprint density at radius 2 is 0.714 bits per heavy atom. The maximum absolute atomic E-state index is 11.1. The SMILES string of the molecule is CCCCCCCC[N+](C)(CCCCCCCC)CCCCCCCC.O=S(=O)(F)NS(=O)(=O)F. The van der Waals surface area contributed by atoms with Crippen LogP contribution in [0.15, 0.2) is 0 Å². The summed E-state index contributed by atoms with van der Waals surface area (Å²) in [5, 5.41) is 0. The fourth-order valence-corrected chi connectivity index (χ4v) is 5.23. The summed E-state index contributed by atoms with van der Waals surface area (Å²) < 4.78 is 60.7. The molecule has 6 nitrogen and oxygen atoms in total. The van der Waals surface area contributed by atoms with Crippen LogP contribution in [0.1, 0.15) is 136 Å². The van der Waals surface area contributed by atoms with Crippen LogP contribution in [0, 0.1) is 0 Å². The summed E-state index contributed by atoms with van der Waals surface area (Å²) in [4.78, 5) is 0. The van der Waals surface area contributed by atoms with Gasteiger partial charge in [0.25, 0.3) is 0 Å². The minimum atomic E-state index is -5.49. The summed E-state index contributed by atoms with van der Waals surface area (Å²) in [5.41, 5.74) is 0. The van der Waals surface area contributed by atoms with Crippen LogP contribution in [-0.2, 0) is 20.8 Å². The lowest BCUT2D eigenvalue weighted by molar-refractivity contribution is -0.910. The molecule has 1 N–H and O–H groups in total. The molecule has 0 aliphatic heterocycles. The van der Waals surface area contributed by atoms with E-state index in [9.17, 15) is 24.6 Å². The van der Waals surface area contributed by atoms with E-state index in [1.165, 1.54) is 140 Å². The van der Waals surface area contributed by atoms with Crippen molar-refractivity contribution in [2.75, 3.05) is 26.7 Å². The molecule has 10 heteroatoms. The minimum absolute atomic E-state index is 0.0694. The molecule has 0 aromatic rings. The number of nitrogens with one attached hydrogen (secondary N) is 1. The summed E-state index contributed by atoms with van der Waals surface area (Å²) in [6.45, 7) is 11.2. The summed E-state index contributed by atoms with van der Waals surface area (Å²) >= 11 is 0. The predicted molar refractivity (Wildman–Crippen MR) is 144 cm³/mol. The molecule has 214 valence electrons. The van der Waals surface area contributed by atoms with Gasteiger partial charge in [-0.15, -0.1) is 0 Å². The van der Waals surface area contributed by atoms with Crippen molar-refractivity contribution in [1.29, 1.82) is 0 Å². The second-order valence-corrected chi connectivity index (χ2v) is 12.5. The Bertz CT molecular complexity index is 604. The van der Waals surface area contributed by atoms with E-state index in [2.05, 4.69) is 27.8 Å². The molecule has 0 atom stereocenters. The highest BCUT2D eigenvalue weighted by Crippen LogP contribution is 2.16. The number of quaternary nitrogens is 1. The van der Waals surface area contributed by atoms with Gasteiger partial charge in [-0.25, -0.2) is 0 Å². The Kier molecular flexibility index (Phi) is 24.0. The van der Waals surface area contributed by atoms with Crippen molar-refractivity contribution in [1.82, 2.24) is 4.13 Å². The molecule has 0 aromatic heterocycles. The second kappa shape index (κ2) is 22.8. The van der Waals surface area contributed by atoms with E-state index in [0.29, 0.717) is 0 Å². The average molecular weight is 550 g/mol. The van der Waals surface area contributed by atoms with E-state index < -0.39 is 20.8 Å². The molecule has 0 fully saturated rings. The van der Waals surface area contributed by atoms with Crippen LogP contribution < -0.4 is 4.13 Å². The first-order valence-electron chi connectivity index (χ1n) is 13.9. The summed E-state index contributed by atoms with van der Waals surface area (Å²) in [5.74, 6) is 0. The van der Waals surface area contributed by atoms with Crippen molar-refractivity contribution in [2.45, 2.75) is 136 Å². The van der Waals surface area contributed by atoms with E-state index in [1.54, 1.807) is 0 Å². The summed E-state index contributed by atoms with van der Waals surface area (Å²) in [6.07, 6.45) is 25.9. The topological polar surface area (TPSA) is 80.3 Å². The Labute approximate surface area is 216 Å². The summed E-state index contributed by atoms with van der Waals surface area (Å²) in [6, 6.07) is 0. The van der Waals surface area contributed by atoms with Gasteiger partial charge < -0.3 is 4.48 Å². The Morgan fingerprint density at radius 3 is 0.914 bits per heavy atom. The molecule has 35 heavy (non-hydrogen) atoms. The number of halogens is 2. The third-order valence-corrected chi connectivity index (χ3v) is 7.95. The number of hydrogen-bond acceptors (Lipinski definition) is 4. The molecule has 0 rings (SSSR count). The molecule has 0 aliphatic carbocycles. The van der Waals surface area contributed by atoms with Gasteiger partial charge in [0.15, 0.2) is 0 Å². The maximum atomic E-state index is 11.1. The highest BCUT2D eigenvalue weighted by Gasteiger charge is 2.20. The zero-order valence-electron chi connectivity index (χ0n) is 23.0. The monoisotopic (exact) mass is 549 g/mol. The first-order chi connectivity index (χ1) is 16.4. The molecule has 0 aliphatic rings. The Morgan fingerprint density at radius 1 is 0.486 bits per heavy atom. The number of nitrogens with zero attached hydrogens (tertiary/aromatic N) is 1. The lowest BCUT2D eigenvalue weighted by atomic mass is 10.1. The first-order valence-corrected chi connectivity index (χ1v) is 16.7. The third kappa shape index (κ3) is 31.7. The third-order valence-electron chi connectivity index (χ3n) is 6.35. The summed E-state index contributed by atoms with van der Waals surface area (Å²) in [7, 11) is -8.43. The van der Waals surface area contributed by atoms with Gasteiger partial charge in [0.2, 0.25) is 0 Å². The molecule has 0 bridgehead atoms. The van der Waals surface area contributed by atoms with Crippen molar-refractivity contribution in [3.05, 3.63) is 0 Å². The molecule has 0 saturated heterocycles. The van der Waals surface area contributed by atoms with E-state index in [4.69, 9.17) is 0 Å². The zero-order chi connectivity index (χ0) is 27.1. The van der Waals surface area contributed by atoms with Crippen molar-refractivity contribution in [3.63, 3.8) is 0 Å². The number of hydrogen-bond donors (Lipinski definition) is 1. The first kappa shape index (κ1) is 36.8. The lowest BCUT2D eigenvalue weighted by Crippen LogP contribution is -2.46. The Balaban J connectivity index is 0. The molecule has 0 amide bonds. The van der Waals surface area contributed by atoms with Crippen LogP contribution in [0.2, 0.25) is 0 Å². The van der Waals surface area contributed by atoms with Crippen LogP contribution >= 0.6 is 0 Å². The molecule has 0 aromatic carbocycles. The van der Waals surface area contributed by atoms with Crippen molar-refractivity contribution < 1.29 is 29.1 Å². The molecule has 0 radical (unpaired) electrons. The van der Waals surface area contributed by atoms with Crippen molar-refractivity contribution >= 4 is 20.8 Å². The van der Waals surface area contributed by atoms with Crippen molar-refractivity contribution in [2.24, 2.45) is 0 Å². The van der Waals surface area contributed by atoms with Gasteiger partial charge in [-0.2, -0.15) is 16.8 Å². The molecular formula is C25H55F2N2O4S2+. The highest BCUT2D eigenvalue weighted by atomic mass is 32.3. The van der Waals surface area contributed by atoms with Crippen LogP contribution in [-0.4, -0.2) is 48.0 Å². The number of rotatable bonds is 23. The molecular weight excluding hydrogens is 494 g/mol. The predicted octanol–water partition coefficient (Wildman–Crippen LogP) is 7.52. The fourth-order valence-electron chi connectivity index (χ4n) is 4.28. The van der Waals surface area contributed by atoms with Gasteiger partial charge in [-0.3, -0.25) is 0 Å². The smallest absolute Gasteiger partial charge is 0.326 e. The zero-order valence-corrected chi connectivity index (χ0v) is 24.6. The van der Waals surface area contributed by atoms with Gasteiger partial charge in [-0.05, 0) is 38.5 Å². The lowest BCUT2D eigenvalue weighted by Gasteiger charge is -2.35. The molecule has 0 spiro atoms. The van der Waals surface area contributed by atoms with Gasteiger partial charge in [-0.1, -0.05) is 110 Å². The maximum Gasteiger partial charge on any atom is 0.387 e. The van der Waals surface area contributed by atoms with Gasteiger partial charge >= 0.3 is 20.8 Å². The standard InChI is InChI=1S/C25H54N.F2HNO4S2/c1-5-8-11-14-17-20-23-26(4,24-21-18-15-12-9-6-2)25-22-19-16-13-10-7-3;1-8(4,5)3-9(2,6)7/h5-25H2,1-4H3;3H/q+1;. The van der Waals surface area contributed by atoms with E-state index in [-0.39, 0.29) is 4.13 Å². The molecule has 0 saturated carbocycles. The van der Waals surface area contributed by atoms with Gasteiger partial charge in [0, 0.05) is 0 Å². The van der Waals surface area contributed by atoms with Crippen LogP contribution in [0.5, 0.6) is 0 Å². The normalized spacial score (nSPS) is 12.4. The minimum Gasteiger partial charge on any atom is -0.326 e. The van der Waals surface area contributed by atoms with E-state index in [0.717, 1.165) is 0 Å². The van der Waals surface area contributed by atoms with Gasteiger partial charge in [0.1, 0.15) is 0 Å². The second-order valence-electron chi connectivity index (χ2n) is 10.1. The van der Waals surface area contributed by atoms with Crippen LogP contribution in [0.3, 0.4) is 0 Å². The average Bonchev–Trinajstić information content (AvgIpc) is 2.73. The van der Waals surface area contributed by atoms with Crippen LogP contribution in [0.4, 0.5) is 7.77 Å². The largest absolute Gasteiger partial charge is 0.387 e. The van der Waals surface area contributed by atoms with Crippen LogP contribution in [0.25, 0.3) is 0 Å². The van der Waals surface area contributed by atoms with Gasteiger partial charge in [0.05, 0.1) is 26.7 Å². The quantitative estimate of drug-likeness (QED) is 0.0812. The molecule has 0 unspecified atom stereocenters.